The maximum atomic E-state index is 12.6. The molecule has 0 aliphatic carbocycles. The van der Waals surface area contributed by atoms with Gasteiger partial charge in [0.05, 0.1) is 25.4 Å². The molecule has 1 atom stereocenters. The van der Waals surface area contributed by atoms with Crippen LogP contribution in [0.15, 0.2) is 12.3 Å². The Labute approximate surface area is 171 Å². The summed E-state index contributed by atoms with van der Waals surface area (Å²) < 4.78 is 5.32. The van der Waals surface area contributed by atoms with Gasteiger partial charge in [-0.3, -0.25) is 24.3 Å². The van der Waals surface area contributed by atoms with Crippen molar-refractivity contribution >= 4 is 23.3 Å². The van der Waals surface area contributed by atoms with Crippen LogP contribution in [0.5, 0.6) is 0 Å². The molecule has 3 rings (SSSR count). The first-order valence-corrected chi connectivity index (χ1v) is 10.4. The van der Waals surface area contributed by atoms with E-state index in [-0.39, 0.29) is 30.1 Å². The molecule has 1 aromatic heterocycles. The van der Waals surface area contributed by atoms with Gasteiger partial charge in [0.2, 0.25) is 11.8 Å². The molecule has 0 saturated carbocycles. The standard InChI is InChI=1S/C21H30N4O4/c1-3-18(26)21-17(23-19(27)14-24-7-9-29-10-8-24)11-16(12-22-21)15-5-6-20(28)25(4-2)13-15/h11-12,15H,3-10,13-14H2,1-2H3,(H,23,27). The second-order valence-electron chi connectivity index (χ2n) is 7.55. The zero-order chi connectivity index (χ0) is 20.8. The largest absolute Gasteiger partial charge is 0.379 e. The highest BCUT2D eigenvalue weighted by Gasteiger charge is 2.27. The van der Waals surface area contributed by atoms with E-state index >= 15 is 0 Å². The first-order chi connectivity index (χ1) is 14.0. The van der Waals surface area contributed by atoms with Gasteiger partial charge in [0.15, 0.2) is 5.78 Å². The maximum absolute atomic E-state index is 12.6. The average molecular weight is 402 g/mol. The first kappa shape index (κ1) is 21.4. The number of ketones is 1. The van der Waals surface area contributed by atoms with Crippen LogP contribution in [0.4, 0.5) is 5.69 Å². The molecule has 1 aromatic rings. The van der Waals surface area contributed by atoms with E-state index in [2.05, 4.69) is 10.3 Å². The number of hydrogen-bond acceptors (Lipinski definition) is 6. The molecule has 8 heteroatoms. The molecule has 2 aliphatic rings. The van der Waals surface area contributed by atoms with Crippen LogP contribution in [-0.2, 0) is 14.3 Å². The van der Waals surface area contributed by atoms with Crippen molar-refractivity contribution in [2.24, 2.45) is 0 Å². The molecule has 1 N–H and O–H groups in total. The summed E-state index contributed by atoms with van der Waals surface area (Å²) in [7, 11) is 0. The number of carbonyl (C=O) groups excluding carboxylic acids is 3. The Morgan fingerprint density at radius 3 is 2.72 bits per heavy atom. The molecule has 1 unspecified atom stereocenters. The topological polar surface area (TPSA) is 91.8 Å². The number of hydrogen-bond donors (Lipinski definition) is 1. The van der Waals surface area contributed by atoms with Crippen LogP contribution >= 0.6 is 0 Å². The van der Waals surface area contributed by atoms with Crippen LogP contribution in [0.25, 0.3) is 0 Å². The number of ether oxygens (including phenoxy) is 1. The first-order valence-electron chi connectivity index (χ1n) is 10.4. The highest BCUT2D eigenvalue weighted by atomic mass is 16.5. The number of morpholine rings is 1. The van der Waals surface area contributed by atoms with Gasteiger partial charge in [-0.15, -0.1) is 0 Å². The molecule has 158 valence electrons. The van der Waals surface area contributed by atoms with E-state index in [1.54, 1.807) is 13.1 Å². The SMILES string of the molecule is CCC(=O)c1ncc(C2CCC(=O)N(CC)C2)cc1NC(=O)CN1CCOCC1. The maximum Gasteiger partial charge on any atom is 0.238 e. The Bertz CT molecular complexity index is 761. The molecule has 8 nitrogen and oxygen atoms in total. The quantitative estimate of drug-likeness (QED) is 0.698. The van der Waals surface area contributed by atoms with Crippen LogP contribution in [0.1, 0.15) is 55.1 Å². The molecule has 2 fully saturated rings. The number of pyridine rings is 1. The van der Waals surface area contributed by atoms with Crippen molar-refractivity contribution in [3.8, 4) is 0 Å². The lowest BCUT2D eigenvalue weighted by Crippen LogP contribution is -2.41. The Balaban J connectivity index is 1.77. The fraction of sp³-hybridized carbons (Fsp3) is 0.619. The number of likely N-dealkylation sites (tertiary alicyclic amines) is 1. The smallest absolute Gasteiger partial charge is 0.238 e. The van der Waals surface area contributed by atoms with Gasteiger partial charge in [-0.1, -0.05) is 6.92 Å². The monoisotopic (exact) mass is 402 g/mol. The van der Waals surface area contributed by atoms with Gasteiger partial charge in [0.1, 0.15) is 5.69 Å². The average Bonchev–Trinajstić information content (AvgIpc) is 2.74. The van der Waals surface area contributed by atoms with Crippen LogP contribution in [0.2, 0.25) is 0 Å². The van der Waals surface area contributed by atoms with Crippen molar-refractivity contribution in [1.82, 2.24) is 14.8 Å². The van der Waals surface area contributed by atoms with E-state index < -0.39 is 0 Å². The number of nitrogens with one attached hydrogen (secondary N) is 1. The summed E-state index contributed by atoms with van der Waals surface area (Å²) in [6, 6.07) is 1.86. The number of rotatable bonds is 7. The van der Waals surface area contributed by atoms with Crippen LogP contribution in [0, 0.1) is 0 Å². The number of nitrogens with zero attached hydrogens (tertiary/aromatic N) is 3. The van der Waals surface area contributed by atoms with E-state index in [4.69, 9.17) is 4.74 Å². The van der Waals surface area contributed by atoms with E-state index in [9.17, 15) is 14.4 Å². The van der Waals surface area contributed by atoms with E-state index in [1.165, 1.54) is 0 Å². The summed E-state index contributed by atoms with van der Waals surface area (Å²) in [5, 5.41) is 2.90. The van der Waals surface area contributed by atoms with Gasteiger partial charge in [-0.05, 0) is 25.0 Å². The number of carbonyl (C=O) groups is 3. The number of Topliss-reactive ketones (excluding diaryl/α,β-unsaturated/α-hetero) is 1. The molecular formula is C21H30N4O4. The molecule has 0 aromatic carbocycles. The zero-order valence-electron chi connectivity index (χ0n) is 17.3. The summed E-state index contributed by atoms with van der Waals surface area (Å²) in [5.41, 5.74) is 1.71. The van der Waals surface area contributed by atoms with E-state index in [0.717, 1.165) is 25.1 Å². The minimum absolute atomic E-state index is 0.104. The van der Waals surface area contributed by atoms with Crippen LogP contribution < -0.4 is 5.32 Å². The molecule has 0 radical (unpaired) electrons. The lowest BCUT2D eigenvalue weighted by Gasteiger charge is -2.32. The van der Waals surface area contributed by atoms with Crippen molar-refractivity contribution in [2.45, 2.75) is 39.0 Å². The number of amides is 2. The number of anilines is 1. The van der Waals surface area contributed by atoms with Crippen molar-refractivity contribution < 1.29 is 19.1 Å². The number of likely N-dealkylation sites (N-methyl/N-ethyl adjacent to an activating group) is 1. The predicted octanol–water partition coefficient (Wildman–Crippen LogP) is 1.67. The summed E-state index contributed by atoms with van der Waals surface area (Å²) in [6.45, 7) is 8.01. The summed E-state index contributed by atoms with van der Waals surface area (Å²) in [6.07, 6.45) is 3.29. The van der Waals surface area contributed by atoms with Gasteiger partial charge in [-0.2, -0.15) is 0 Å². The highest BCUT2D eigenvalue weighted by Crippen LogP contribution is 2.30. The molecule has 0 spiro atoms. The third-order valence-electron chi connectivity index (χ3n) is 5.59. The highest BCUT2D eigenvalue weighted by molar-refractivity contribution is 6.03. The van der Waals surface area contributed by atoms with Crippen molar-refractivity contribution in [1.29, 1.82) is 0 Å². The van der Waals surface area contributed by atoms with Gasteiger partial charge in [0, 0.05) is 51.1 Å². The zero-order valence-corrected chi connectivity index (χ0v) is 17.3. The number of aromatic nitrogens is 1. The third-order valence-corrected chi connectivity index (χ3v) is 5.59. The van der Waals surface area contributed by atoms with E-state index in [1.807, 2.05) is 22.8 Å². The fourth-order valence-corrected chi connectivity index (χ4v) is 3.83. The molecule has 2 saturated heterocycles. The Morgan fingerprint density at radius 2 is 2.03 bits per heavy atom. The van der Waals surface area contributed by atoms with Gasteiger partial charge in [-0.25, -0.2) is 0 Å². The van der Waals surface area contributed by atoms with Crippen LogP contribution in [-0.4, -0.2) is 78.3 Å². The Hall–Kier alpha value is -2.32. The molecule has 29 heavy (non-hydrogen) atoms. The van der Waals surface area contributed by atoms with Gasteiger partial charge >= 0.3 is 0 Å². The molecule has 2 aliphatic heterocycles. The summed E-state index contributed by atoms with van der Waals surface area (Å²) >= 11 is 0. The number of piperidine rings is 1. The third kappa shape index (κ3) is 5.39. The minimum atomic E-state index is -0.162. The van der Waals surface area contributed by atoms with Crippen molar-refractivity contribution in [3.63, 3.8) is 0 Å². The Morgan fingerprint density at radius 1 is 1.28 bits per heavy atom. The predicted molar refractivity (Wildman–Crippen MR) is 109 cm³/mol. The summed E-state index contributed by atoms with van der Waals surface area (Å²) in [5.74, 6) is 0.0617. The normalized spacial score (nSPS) is 20.6. The van der Waals surface area contributed by atoms with Crippen molar-refractivity contribution in [3.05, 3.63) is 23.5 Å². The van der Waals surface area contributed by atoms with Gasteiger partial charge in [0.25, 0.3) is 0 Å². The van der Waals surface area contributed by atoms with E-state index in [0.29, 0.717) is 50.5 Å². The van der Waals surface area contributed by atoms with Crippen LogP contribution in [0.3, 0.4) is 0 Å². The molecule has 3 heterocycles. The lowest BCUT2D eigenvalue weighted by molar-refractivity contribution is -0.133. The van der Waals surface area contributed by atoms with Gasteiger partial charge < -0.3 is 15.0 Å². The minimum Gasteiger partial charge on any atom is -0.379 e. The van der Waals surface area contributed by atoms with Crippen molar-refractivity contribution in [2.75, 3.05) is 51.3 Å². The molecular weight excluding hydrogens is 372 g/mol. The summed E-state index contributed by atoms with van der Waals surface area (Å²) in [4.78, 5) is 45.2. The second kappa shape index (κ2) is 9.93. The lowest BCUT2D eigenvalue weighted by atomic mass is 9.90. The fourth-order valence-electron chi connectivity index (χ4n) is 3.83. The molecule has 0 bridgehead atoms. The second-order valence-corrected chi connectivity index (χ2v) is 7.55. The Kier molecular flexibility index (Phi) is 7.33. The molecule has 2 amide bonds.